The third-order valence-electron chi connectivity index (χ3n) is 3.98. The van der Waals surface area contributed by atoms with Gasteiger partial charge in [0.05, 0.1) is 11.5 Å². The third kappa shape index (κ3) is 2.87. The van der Waals surface area contributed by atoms with E-state index in [-0.39, 0.29) is 0 Å². The first-order chi connectivity index (χ1) is 9.78. The van der Waals surface area contributed by atoms with E-state index >= 15 is 0 Å². The van der Waals surface area contributed by atoms with Gasteiger partial charge < -0.3 is 0 Å². The smallest absolute Gasteiger partial charge is 0.217 e. The van der Waals surface area contributed by atoms with Crippen LogP contribution in [0, 0.1) is 4.77 Å². The fourth-order valence-electron chi connectivity index (χ4n) is 2.87. The molecule has 0 amide bonds. The predicted molar refractivity (Wildman–Crippen MR) is 85.4 cm³/mol. The van der Waals surface area contributed by atoms with Gasteiger partial charge in [0, 0.05) is 12.6 Å². The van der Waals surface area contributed by atoms with Crippen molar-refractivity contribution in [1.82, 2.24) is 19.7 Å². The normalized spacial score (nSPS) is 20.4. The van der Waals surface area contributed by atoms with Crippen molar-refractivity contribution in [1.29, 1.82) is 0 Å². The maximum absolute atomic E-state index is 5.39. The van der Waals surface area contributed by atoms with Crippen molar-refractivity contribution >= 4 is 23.6 Å². The van der Waals surface area contributed by atoms with Crippen molar-refractivity contribution in [2.45, 2.75) is 45.3 Å². The number of nitrogens with zero attached hydrogens (tertiary/aromatic N) is 3. The van der Waals surface area contributed by atoms with Crippen molar-refractivity contribution in [3.63, 3.8) is 0 Å². The first-order valence-electron chi connectivity index (χ1n) is 7.22. The molecule has 6 heteroatoms. The molecule has 1 aliphatic heterocycles. The van der Waals surface area contributed by atoms with E-state index in [4.69, 9.17) is 12.2 Å². The molecule has 1 atom stereocenters. The van der Waals surface area contributed by atoms with E-state index in [2.05, 4.69) is 33.4 Å². The van der Waals surface area contributed by atoms with Crippen LogP contribution in [0.2, 0.25) is 0 Å². The number of H-pyrrole nitrogens is 1. The lowest BCUT2D eigenvalue weighted by molar-refractivity contribution is 0.101. The summed E-state index contributed by atoms with van der Waals surface area (Å²) < 4.78 is 2.65. The van der Waals surface area contributed by atoms with Gasteiger partial charge in [-0.3, -0.25) is 10.00 Å². The molecule has 2 aromatic rings. The Morgan fingerprint density at radius 1 is 1.50 bits per heavy atom. The summed E-state index contributed by atoms with van der Waals surface area (Å²) in [4.78, 5) is 8.14. The minimum absolute atomic E-state index is 0.647. The SMILES string of the molecule is CC[C@@H]1CCCCN1Cn1[nH]c(-c2cccs2)nc1=S. The zero-order valence-corrected chi connectivity index (χ0v) is 13.3. The van der Waals surface area contributed by atoms with Gasteiger partial charge in [-0.25, -0.2) is 4.68 Å². The summed E-state index contributed by atoms with van der Waals surface area (Å²) >= 11 is 7.07. The molecule has 0 aromatic carbocycles. The molecule has 0 aliphatic carbocycles. The minimum Gasteiger partial charge on any atom is -0.281 e. The summed E-state index contributed by atoms with van der Waals surface area (Å²) in [5, 5.41) is 5.40. The molecule has 4 nitrogen and oxygen atoms in total. The summed E-state index contributed by atoms with van der Waals surface area (Å²) in [7, 11) is 0. The van der Waals surface area contributed by atoms with Gasteiger partial charge in [0.2, 0.25) is 4.77 Å². The fourth-order valence-corrected chi connectivity index (χ4v) is 3.72. The number of hydrogen-bond donors (Lipinski definition) is 1. The highest BCUT2D eigenvalue weighted by molar-refractivity contribution is 7.71. The van der Waals surface area contributed by atoms with E-state index in [1.54, 1.807) is 11.3 Å². The maximum Gasteiger partial charge on any atom is 0.217 e. The predicted octanol–water partition coefficient (Wildman–Crippen LogP) is 3.89. The van der Waals surface area contributed by atoms with Crippen LogP contribution in [0.3, 0.4) is 0 Å². The molecule has 0 unspecified atom stereocenters. The molecular formula is C14H20N4S2. The molecule has 20 heavy (non-hydrogen) atoms. The van der Waals surface area contributed by atoms with Crippen molar-refractivity contribution in [3.8, 4) is 10.7 Å². The van der Waals surface area contributed by atoms with Gasteiger partial charge in [-0.1, -0.05) is 19.4 Å². The summed E-state index contributed by atoms with van der Waals surface area (Å²) in [5.74, 6) is 0.884. The molecule has 2 aromatic heterocycles. The monoisotopic (exact) mass is 308 g/mol. The van der Waals surface area contributed by atoms with E-state index in [1.807, 2.05) is 10.7 Å². The fraction of sp³-hybridized carbons (Fsp3) is 0.571. The number of piperidine rings is 1. The lowest BCUT2D eigenvalue weighted by Gasteiger charge is -2.34. The third-order valence-corrected chi connectivity index (χ3v) is 5.17. The van der Waals surface area contributed by atoms with Crippen LogP contribution in [0.1, 0.15) is 32.6 Å². The number of rotatable bonds is 4. The van der Waals surface area contributed by atoms with Gasteiger partial charge in [0.25, 0.3) is 0 Å². The van der Waals surface area contributed by atoms with Crippen LogP contribution in [0.25, 0.3) is 10.7 Å². The van der Waals surface area contributed by atoms with Crippen molar-refractivity contribution in [3.05, 3.63) is 22.3 Å². The molecule has 108 valence electrons. The van der Waals surface area contributed by atoms with E-state index in [0.29, 0.717) is 10.8 Å². The second kappa shape index (κ2) is 6.20. The number of aromatic nitrogens is 3. The topological polar surface area (TPSA) is 36.9 Å². The van der Waals surface area contributed by atoms with Crippen LogP contribution >= 0.6 is 23.6 Å². The van der Waals surface area contributed by atoms with Crippen LogP contribution in [-0.2, 0) is 6.67 Å². The Labute approximate surface area is 128 Å². The Morgan fingerprint density at radius 3 is 3.15 bits per heavy atom. The van der Waals surface area contributed by atoms with Gasteiger partial charge in [-0.15, -0.1) is 11.3 Å². The van der Waals surface area contributed by atoms with Crippen molar-refractivity contribution in [2.24, 2.45) is 0 Å². The Morgan fingerprint density at radius 2 is 2.40 bits per heavy atom. The van der Waals surface area contributed by atoms with E-state index in [9.17, 15) is 0 Å². The molecule has 1 fully saturated rings. The Bertz CT molecular complexity index is 599. The molecular weight excluding hydrogens is 288 g/mol. The van der Waals surface area contributed by atoms with E-state index in [0.717, 1.165) is 23.9 Å². The minimum atomic E-state index is 0.647. The van der Waals surface area contributed by atoms with Gasteiger partial charge in [-0.05, 0) is 42.9 Å². The number of aromatic amines is 1. The molecule has 0 bridgehead atoms. The average Bonchev–Trinajstić information content (AvgIpc) is 3.10. The molecule has 1 aliphatic rings. The summed E-state index contributed by atoms with van der Waals surface area (Å²) in [5.41, 5.74) is 0. The van der Waals surface area contributed by atoms with Crippen LogP contribution in [0.15, 0.2) is 17.5 Å². The quantitative estimate of drug-likeness (QED) is 0.871. The van der Waals surface area contributed by atoms with Crippen LogP contribution < -0.4 is 0 Å². The molecule has 0 saturated carbocycles. The molecule has 0 radical (unpaired) electrons. The summed E-state index contributed by atoms with van der Waals surface area (Å²) in [6, 6.07) is 4.78. The van der Waals surface area contributed by atoms with Crippen LogP contribution in [0.4, 0.5) is 0 Å². The number of hydrogen-bond acceptors (Lipinski definition) is 4. The van der Waals surface area contributed by atoms with Crippen LogP contribution in [0.5, 0.6) is 0 Å². The standard InChI is InChI=1S/C14H20N4S2/c1-2-11-6-3-4-8-17(11)10-18-14(19)15-13(16-18)12-7-5-9-20-12/h5,7,9,11H,2-4,6,8,10H2,1H3,(H,15,16,19)/t11-/m1/s1. The van der Waals surface area contributed by atoms with Gasteiger partial charge in [0.1, 0.15) is 0 Å². The zero-order chi connectivity index (χ0) is 13.9. The van der Waals surface area contributed by atoms with Gasteiger partial charge in [0.15, 0.2) is 5.82 Å². The molecule has 0 spiro atoms. The lowest BCUT2D eigenvalue weighted by atomic mass is 10.0. The van der Waals surface area contributed by atoms with Gasteiger partial charge in [-0.2, -0.15) is 4.98 Å². The van der Waals surface area contributed by atoms with Gasteiger partial charge >= 0.3 is 0 Å². The average molecular weight is 308 g/mol. The Balaban J connectivity index is 1.79. The highest BCUT2D eigenvalue weighted by atomic mass is 32.1. The van der Waals surface area contributed by atoms with E-state index < -0.39 is 0 Å². The summed E-state index contributed by atoms with van der Waals surface area (Å²) in [6.45, 7) is 4.26. The second-order valence-electron chi connectivity index (χ2n) is 5.27. The first-order valence-corrected chi connectivity index (χ1v) is 8.51. The zero-order valence-electron chi connectivity index (χ0n) is 11.7. The van der Waals surface area contributed by atoms with Crippen molar-refractivity contribution in [2.75, 3.05) is 6.54 Å². The molecule has 3 heterocycles. The number of thiophene rings is 1. The first kappa shape index (κ1) is 14.0. The van der Waals surface area contributed by atoms with Crippen molar-refractivity contribution < 1.29 is 0 Å². The lowest BCUT2D eigenvalue weighted by Crippen LogP contribution is -2.40. The Hall–Kier alpha value is -0.980. The molecule has 1 saturated heterocycles. The Kier molecular flexibility index (Phi) is 4.33. The maximum atomic E-state index is 5.39. The molecule has 1 N–H and O–H groups in total. The largest absolute Gasteiger partial charge is 0.281 e. The van der Waals surface area contributed by atoms with Crippen LogP contribution in [-0.4, -0.2) is 32.3 Å². The second-order valence-corrected chi connectivity index (χ2v) is 6.58. The number of nitrogens with one attached hydrogen (secondary N) is 1. The summed E-state index contributed by atoms with van der Waals surface area (Å²) in [6.07, 6.45) is 5.15. The van der Waals surface area contributed by atoms with E-state index in [1.165, 1.54) is 25.7 Å². The molecule has 3 rings (SSSR count). The highest BCUT2D eigenvalue weighted by Gasteiger charge is 2.21. The number of likely N-dealkylation sites (tertiary alicyclic amines) is 1. The highest BCUT2D eigenvalue weighted by Crippen LogP contribution is 2.22.